The minimum Gasteiger partial charge on any atom is -0.370 e. The summed E-state index contributed by atoms with van der Waals surface area (Å²) in [5, 5.41) is 5.87. The molecular formula is C14H16F2N4. The maximum Gasteiger partial charge on any atom is 0.229 e. The molecule has 1 aromatic heterocycles. The van der Waals surface area contributed by atoms with Gasteiger partial charge in [0.1, 0.15) is 17.5 Å². The molecule has 0 radical (unpaired) electrons. The van der Waals surface area contributed by atoms with E-state index in [9.17, 15) is 8.78 Å². The van der Waals surface area contributed by atoms with Crippen LogP contribution in [0.5, 0.6) is 0 Å². The molecule has 0 atom stereocenters. The molecule has 106 valence electrons. The van der Waals surface area contributed by atoms with Crippen molar-refractivity contribution in [3.8, 4) is 0 Å². The lowest BCUT2D eigenvalue weighted by Gasteiger charge is -2.10. The fraction of sp³-hybridized carbons (Fsp3) is 0.286. The van der Waals surface area contributed by atoms with Crippen molar-refractivity contribution < 1.29 is 8.78 Å². The zero-order valence-electron chi connectivity index (χ0n) is 11.3. The van der Waals surface area contributed by atoms with Gasteiger partial charge in [0.15, 0.2) is 0 Å². The molecule has 0 aliphatic carbocycles. The summed E-state index contributed by atoms with van der Waals surface area (Å²) >= 11 is 0. The van der Waals surface area contributed by atoms with E-state index in [2.05, 4.69) is 34.4 Å². The highest BCUT2D eigenvalue weighted by Gasteiger charge is 2.06. The molecular weight excluding hydrogens is 262 g/mol. The molecule has 0 amide bonds. The molecule has 2 rings (SSSR count). The molecule has 0 spiro atoms. The van der Waals surface area contributed by atoms with Gasteiger partial charge in [0.05, 0.1) is 5.69 Å². The molecule has 0 saturated carbocycles. The molecule has 20 heavy (non-hydrogen) atoms. The van der Waals surface area contributed by atoms with Crippen LogP contribution in [0.4, 0.5) is 26.2 Å². The summed E-state index contributed by atoms with van der Waals surface area (Å²) in [6, 6.07) is 5.02. The van der Waals surface area contributed by atoms with Crippen LogP contribution in [-0.4, -0.2) is 16.5 Å². The van der Waals surface area contributed by atoms with E-state index in [0.717, 1.165) is 12.6 Å². The van der Waals surface area contributed by atoms with Crippen molar-refractivity contribution in [2.45, 2.75) is 13.8 Å². The minimum atomic E-state index is -0.686. The van der Waals surface area contributed by atoms with Gasteiger partial charge in [-0.15, -0.1) is 0 Å². The first kappa shape index (κ1) is 14.2. The molecule has 0 fully saturated rings. The fourth-order valence-corrected chi connectivity index (χ4v) is 1.54. The molecule has 2 N–H and O–H groups in total. The smallest absolute Gasteiger partial charge is 0.229 e. The van der Waals surface area contributed by atoms with E-state index < -0.39 is 11.6 Å². The number of nitrogens with zero attached hydrogens (tertiary/aromatic N) is 2. The predicted octanol–water partition coefficient (Wildman–Crippen LogP) is 3.57. The van der Waals surface area contributed by atoms with Gasteiger partial charge >= 0.3 is 0 Å². The first-order chi connectivity index (χ1) is 9.54. The van der Waals surface area contributed by atoms with Gasteiger partial charge in [-0.05, 0) is 24.1 Å². The Kier molecular flexibility index (Phi) is 4.45. The summed E-state index contributed by atoms with van der Waals surface area (Å²) in [6.45, 7) is 4.95. The molecule has 0 saturated heterocycles. The number of nitrogens with one attached hydrogen (secondary N) is 2. The van der Waals surface area contributed by atoms with E-state index in [4.69, 9.17) is 0 Å². The Balaban J connectivity index is 2.11. The summed E-state index contributed by atoms with van der Waals surface area (Å²) in [4.78, 5) is 8.21. The van der Waals surface area contributed by atoms with Crippen molar-refractivity contribution >= 4 is 17.5 Å². The van der Waals surface area contributed by atoms with Crippen LogP contribution in [0.25, 0.3) is 0 Å². The SMILES string of the molecule is CC(C)CNc1ccnc(Nc2ccc(F)cc2F)n1. The van der Waals surface area contributed by atoms with E-state index in [1.807, 2.05) is 0 Å². The quantitative estimate of drug-likeness (QED) is 0.878. The van der Waals surface area contributed by atoms with Crippen molar-refractivity contribution in [2.75, 3.05) is 17.2 Å². The Morgan fingerprint density at radius 2 is 2.00 bits per heavy atom. The van der Waals surface area contributed by atoms with Crippen molar-refractivity contribution in [1.82, 2.24) is 9.97 Å². The average Bonchev–Trinajstić information content (AvgIpc) is 2.40. The van der Waals surface area contributed by atoms with Crippen molar-refractivity contribution in [2.24, 2.45) is 5.92 Å². The predicted molar refractivity (Wildman–Crippen MR) is 75.0 cm³/mol. The number of benzene rings is 1. The van der Waals surface area contributed by atoms with Crippen molar-refractivity contribution in [3.63, 3.8) is 0 Å². The summed E-state index contributed by atoms with van der Waals surface area (Å²) in [5.74, 6) is 0.0781. The van der Waals surface area contributed by atoms with Crippen LogP contribution in [0, 0.1) is 17.6 Å². The average molecular weight is 278 g/mol. The zero-order chi connectivity index (χ0) is 14.5. The van der Waals surface area contributed by atoms with Gasteiger partial charge in [0.2, 0.25) is 5.95 Å². The Morgan fingerprint density at radius 3 is 2.70 bits per heavy atom. The first-order valence-electron chi connectivity index (χ1n) is 6.33. The van der Waals surface area contributed by atoms with Crippen molar-refractivity contribution in [1.29, 1.82) is 0 Å². The van der Waals surface area contributed by atoms with Crippen LogP contribution >= 0.6 is 0 Å². The van der Waals surface area contributed by atoms with E-state index in [-0.39, 0.29) is 11.6 Å². The van der Waals surface area contributed by atoms with E-state index in [1.165, 1.54) is 12.1 Å². The van der Waals surface area contributed by atoms with E-state index in [0.29, 0.717) is 11.7 Å². The standard InChI is InChI=1S/C14H16F2N4/c1-9(2)8-18-13-5-6-17-14(20-13)19-12-4-3-10(15)7-11(12)16/h3-7,9H,8H2,1-2H3,(H2,17,18,19,20). The number of rotatable bonds is 5. The van der Waals surface area contributed by atoms with Crippen LogP contribution in [0.15, 0.2) is 30.5 Å². The van der Waals surface area contributed by atoms with Gasteiger partial charge in [-0.1, -0.05) is 13.8 Å². The van der Waals surface area contributed by atoms with Crippen molar-refractivity contribution in [3.05, 3.63) is 42.1 Å². The topological polar surface area (TPSA) is 49.8 Å². The number of aromatic nitrogens is 2. The molecule has 0 unspecified atom stereocenters. The van der Waals surface area contributed by atoms with E-state index in [1.54, 1.807) is 12.3 Å². The second-order valence-electron chi connectivity index (χ2n) is 4.79. The normalized spacial score (nSPS) is 10.7. The van der Waals surface area contributed by atoms with Gasteiger partial charge in [0, 0.05) is 18.8 Å². The lowest BCUT2D eigenvalue weighted by Crippen LogP contribution is -2.10. The Labute approximate surface area is 116 Å². The maximum absolute atomic E-state index is 13.5. The Morgan fingerprint density at radius 1 is 1.20 bits per heavy atom. The largest absolute Gasteiger partial charge is 0.370 e. The monoisotopic (exact) mass is 278 g/mol. The summed E-state index contributed by atoms with van der Waals surface area (Å²) in [5.41, 5.74) is 0.132. The third-order valence-electron chi connectivity index (χ3n) is 2.52. The second kappa shape index (κ2) is 6.27. The second-order valence-corrected chi connectivity index (χ2v) is 4.79. The zero-order valence-corrected chi connectivity index (χ0v) is 11.3. The van der Waals surface area contributed by atoms with Crippen LogP contribution in [-0.2, 0) is 0 Å². The van der Waals surface area contributed by atoms with Gasteiger partial charge in [0.25, 0.3) is 0 Å². The van der Waals surface area contributed by atoms with Crippen LogP contribution < -0.4 is 10.6 Å². The summed E-state index contributed by atoms with van der Waals surface area (Å²) < 4.78 is 26.3. The molecule has 0 bridgehead atoms. The van der Waals surface area contributed by atoms with Crippen LogP contribution in [0.2, 0.25) is 0 Å². The number of hydrogen-bond acceptors (Lipinski definition) is 4. The highest BCUT2D eigenvalue weighted by Crippen LogP contribution is 2.19. The fourth-order valence-electron chi connectivity index (χ4n) is 1.54. The first-order valence-corrected chi connectivity index (χ1v) is 6.33. The Hall–Kier alpha value is -2.24. The van der Waals surface area contributed by atoms with E-state index >= 15 is 0 Å². The molecule has 0 aliphatic heterocycles. The number of anilines is 3. The lowest BCUT2D eigenvalue weighted by atomic mass is 10.2. The molecule has 4 nitrogen and oxygen atoms in total. The molecule has 1 aromatic carbocycles. The molecule has 1 heterocycles. The lowest BCUT2D eigenvalue weighted by molar-refractivity contribution is 0.586. The highest BCUT2D eigenvalue weighted by molar-refractivity contribution is 5.55. The highest BCUT2D eigenvalue weighted by atomic mass is 19.1. The third-order valence-corrected chi connectivity index (χ3v) is 2.52. The minimum absolute atomic E-state index is 0.132. The number of hydrogen-bond donors (Lipinski definition) is 2. The maximum atomic E-state index is 13.5. The third kappa shape index (κ3) is 3.88. The summed E-state index contributed by atoms with van der Waals surface area (Å²) in [6.07, 6.45) is 1.57. The van der Waals surface area contributed by atoms with Crippen LogP contribution in [0.1, 0.15) is 13.8 Å². The molecule has 6 heteroatoms. The van der Waals surface area contributed by atoms with Gasteiger partial charge < -0.3 is 10.6 Å². The Bertz CT molecular complexity index is 587. The van der Waals surface area contributed by atoms with Gasteiger partial charge in [-0.3, -0.25) is 0 Å². The molecule has 2 aromatic rings. The van der Waals surface area contributed by atoms with Gasteiger partial charge in [-0.25, -0.2) is 13.8 Å². The van der Waals surface area contributed by atoms with Gasteiger partial charge in [-0.2, -0.15) is 4.98 Å². The molecule has 0 aliphatic rings. The van der Waals surface area contributed by atoms with Crippen LogP contribution in [0.3, 0.4) is 0 Å². The number of halogens is 2. The summed E-state index contributed by atoms with van der Waals surface area (Å²) in [7, 11) is 0.